The minimum atomic E-state index is -0.190. The van der Waals surface area contributed by atoms with E-state index in [1.807, 2.05) is 23.1 Å². The number of carbonyl (C=O) groups is 1. The summed E-state index contributed by atoms with van der Waals surface area (Å²) in [5, 5.41) is 0. The number of rotatable bonds is 5. The average Bonchev–Trinajstić information content (AvgIpc) is 2.80. The lowest BCUT2D eigenvalue weighted by atomic mass is 9.99. The van der Waals surface area contributed by atoms with Crippen molar-refractivity contribution >= 4 is 5.91 Å². The van der Waals surface area contributed by atoms with Gasteiger partial charge in [-0.1, -0.05) is 13.0 Å². The molecule has 116 valence electrons. The van der Waals surface area contributed by atoms with Gasteiger partial charge in [-0.15, -0.1) is 0 Å². The lowest BCUT2D eigenvalue weighted by Crippen LogP contribution is -2.38. The van der Waals surface area contributed by atoms with Gasteiger partial charge in [0.25, 0.3) is 0 Å². The van der Waals surface area contributed by atoms with Crippen LogP contribution in [0.15, 0.2) is 18.2 Å². The molecule has 1 aliphatic heterocycles. The summed E-state index contributed by atoms with van der Waals surface area (Å²) in [6, 6.07) is 5.61. The Morgan fingerprint density at radius 3 is 2.57 bits per heavy atom. The van der Waals surface area contributed by atoms with Crippen molar-refractivity contribution < 1.29 is 14.3 Å². The highest BCUT2D eigenvalue weighted by Crippen LogP contribution is 2.38. The van der Waals surface area contributed by atoms with Crippen LogP contribution in [0.2, 0.25) is 0 Å². The molecular weight excluding hydrogens is 268 g/mol. The lowest BCUT2D eigenvalue weighted by molar-refractivity contribution is -0.131. The van der Waals surface area contributed by atoms with Crippen LogP contribution in [0.5, 0.6) is 11.5 Å². The molecule has 5 heteroatoms. The first-order valence-corrected chi connectivity index (χ1v) is 7.32. The predicted octanol–water partition coefficient (Wildman–Crippen LogP) is 2.10. The van der Waals surface area contributed by atoms with Crippen molar-refractivity contribution in [1.29, 1.82) is 0 Å². The summed E-state index contributed by atoms with van der Waals surface area (Å²) in [6.45, 7) is 4.14. The van der Waals surface area contributed by atoms with Crippen molar-refractivity contribution in [2.75, 3.05) is 14.2 Å². The fourth-order valence-corrected chi connectivity index (χ4v) is 2.94. The van der Waals surface area contributed by atoms with Gasteiger partial charge in [0, 0.05) is 18.5 Å². The quantitative estimate of drug-likeness (QED) is 0.902. The standard InChI is InChI=1S/C16H24N2O3/c1-5-10(2)18-15(19)9-12(17)16(18)11-6-7-13(20-3)14(8-11)21-4/h6-8,10,12,16H,5,9,17H2,1-4H3. The highest BCUT2D eigenvalue weighted by Gasteiger charge is 2.40. The van der Waals surface area contributed by atoms with Crippen molar-refractivity contribution in [3.05, 3.63) is 23.8 Å². The van der Waals surface area contributed by atoms with Crippen LogP contribution in [0.1, 0.15) is 38.3 Å². The Labute approximate surface area is 126 Å². The van der Waals surface area contributed by atoms with Gasteiger partial charge in [0.05, 0.1) is 20.3 Å². The van der Waals surface area contributed by atoms with Crippen molar-refractivity contribution in [3.63, 3.8) is 0 Å². The molecule has 21 heavy (non-hydrogen) atoms. The van der Waals surface area contributed by atoms with Gasteiger partial charge in [0.15, 0.2) is 11.5 Å². The van der Waals surface area contributed by atoms with Crippen LogP contribution in [0.3, 0.4) is 0 Å². The van der Waals surface area contributed by atoms with Gasteiger partial charge in [-0.05, 0) is 31.0 Å². The molecule has 2 rings (SSSR count). The second kappa shape index (κ2) is 6.35. The van der Waals surface area contributed by atoms with Crippen LogP contribution in [-0.2, 0) is 4.79 Å². The van der Waals surface area contributed by atoms with E-state index >= 15 is 0 Å². The molecule has 0 saturated carbocycles. The van der Waals surface area contributed by atoms with Crippen LogP contribution >= 0.6 is 0 Å². The van der Waals surface area contributed by atoms with E-state index in [0.29, 0.717) is 17.9 Å². The van der Waals surface area contributed by atoms with Crippen molar-refractivity contribution in [2.45, 2.75) is 44.8 Å². The molecule has 5 nitrogen and oxygen atoms in total. The number of ether oxygens (including phenoxy) is 2. The first kappa shape index (κ1) is 15.6. The summed E-state index contributed by atoms with van der Waals surface area (Å²) in [7, 11) is 3.21. The molecule has 0 bridgehead atoms. The third-order valence-electron chi connectivity index (χ3n) is 4.22. The Hall–Kier alpha value is -1.75. The number of methoxy groups -OCH3 is 2. The highest BCUT2D eigenvalue weighted by atomic mass is 16.5. The van der Waals surface area contributed by atoms with Crippen LogP contribution in [0, 0.1) is 0 Å². The van der Waals surface area contributed by atoms with Gasteiger partial charge in [0.1, 0.15) is 0 Å². The number of hydrogen-bond donors (Lipinski definition) is 1. The molecule has 0 aromatic heterocycles. The Morgan fingerprint density at radius 1 is 1.33 bits per heavy atom. The van der Waals surface area contributed by atoms with E-state index in [1.165, 1.54) is 0 Å². The Balaban J connectivity index is 2.40. The molecule has 3 atom stereocenters. The number of carbonyl (C=O) groups excluding carboxylic acids is 1. The highest BCUT2D eigenvalue weighted by molar-refractivity contribution is 5.80. The number of nitrogens with zero attached hydrogens (tertiary/aromatic N) is 1. The first-order valence-electron chi connectivity index (χ1n) is 7.32. The smallest absolute Gasteiger partial charge is 0.225 e. The number of likely N-dealkylation sites (tertiary alicyclic amines) is 1. The summed E-state index contributed by atoms with van der Waals surface area (Å²) < 4.78 is 10.6. The molecule has 3 unspecified atom stereocenters. The fraction of sp³-hybridized carbons (Fsp3) is 0.562. The summed E-state index contributed by atoms with van der Waals surface area (Å²) in [5.41, 5.74) is 7.20. The van der Waals surface area contributed by atoms with Gasteiger partial charge < -0.3 is 20.1 Å². The third-order valence-corrected chi connectivity index (χ3v) is 4.22. The normalized spacial score (nSPS) is 23.3. The Bertz CT molecular complexity index is 518. The first-order chi connectivity index (χ1) is 10.0. The minimum Gasteiger partial charge on any atom is -0.493 e. The maximum Gasteiger partial charge on any atom is 0.225 e. The molecule has 0 aliphatic carbocycles. The molecule has 1 fully saturated rings. The summed E-state index contributed by atoms with van der Waals surface area (Å²) in [4.78, 5) is 14.1. The number of amides is 1. The molecular formula is C16H24N2O3. The van der Waals surface area contributed by atoms with Crippen LogP contribution in [-0.4, -0.2) is 37.1 Å². The maximum absolute atomic E-state index is 12.2. The van der Waals surface area contributed by atoms with E-state index in [4.69, 9.17) is 15.2 Å². The van der Waals surface area contributed by atoms with Gasteiger partial charge in [-0.3, -0.25) is 4.79 Å². The van der Waals surface area contributed by atoms with Crippen LogP contribution < -0.4 is 15.2 Å². The molecule has 1 aliphatic rings. The molecule has 0 radical (unpaired) electrons. The molecule has 1 saturated heterocycles. The van der Waals surface area contributed by atoms with E-state index in [0.717, 1.165) is 12.0 Å². The van der Waals surface area contributed by atoms with E-state index in [1.54, 1.807) is 14.2 Å². The van der Waals surface area contributed by atoms with Crippen molar-refractivity contribution in [1.82, 2.24) is 4.90 Å². The number of benzene rings is 1. The summed E-state index contributed by atoms with van der Waals surface area (Å²) in [5.74, 6) is 1.46. The Kier molecular flexibility index (Phi) is 4.73. The fourth-order valence-electron chi connectivity index (χ4n) is 2.94. The zero-order valence-electron chi connectivity index (χ0n) is 13.1. The molecule has 0 spiro atoms. The van der Waals surface area contributed by atoms with E-state index in [9.17, 15) is 4.79 Å². The monoisotopic (exact) mass is 292 g/mol. The summed E-state index contributed by atoms with van der Waals surface area (Å²) in [6.07, 6.45) is 1.30. The van der Waals surface area contributed by atoms with Gasteiger partial charge >= 0.3 is 0 Å². The van der Waals surface area contributed by atoms with Crippen molar-refractivity contribution in [2.24, 2.45) is 5.73 Å². The lowest BCUT2D eigenvalue weighted by Gasteiger charge is -2.32. The molecule has 2 N–H and O–H groups in total. The van der Waals surface area contributed by atoms with E-state index < -0.39 is 0 Å². The molecule has 1 aromatic rings. The SMILES string of the molecule is CCC(C)N1C(=O)CC(N)C1c1ccc(OC)c(OC)c1. The second-order valence-electron chi connectivity index (χ2n) is 5.49. The maximum atomic E-state index is 12.2. The zero-order chi connectivity index (χ0) is 15.6. The Morgan fingerprint density at radius 2 is 2.00 bits per heavy atom. The average molecular weight is 292 g/mol. The van der Waals surface area contributed by atoms with E-state index in [2.05, 4.69) is 13.8 Å². The van der Waals surface area contributed by atoms with E-state index in [-0.39, 0.29) is 24.0 Å². The largest absolute Gasteiger partial charge is 0.493 e. The molecule has 1 aromatic carbocycles. The second-order valence-corrected chi connectivity index (χ2v) is 5.49. The molecule has 1 heterocycles. The van der Waals surface area contributed by atoms with Crippen LogP contribution in [0.25, 0.3) is 0 Å². The van der Waals surface area contributed by atoms with Gasteiger partial charge in [-0.25, -0.2) is 0 Å². The summed E-state index contributed by atoms with van der Waals surface area (Å²) >= 11 is 0. The predicted molar refractivity (Wildman–Crippen MR) is 81.5 cm³/mol. The third kappa shape index (κ3) is 2.83. The van der Waals surface area contributed by atoms with Gasteiger partial charge in [-0.2, -0.15) is 0 Å². The van der Waals surface area contributed by atoms with Crippen LogP contribution in [0.4, 0.5) is 0 Å². The minimum absolute atomic E-state index is 0.104. The van der Waals surface area contributed by atoms with Crippen molar-refractivity contribution in [3.8, 4) is 11.5 Å². The molecule has 1 amide bonds. The topological polar surface area (TPSA) is 64.8 Å². The number of hydrogen-bond acceptors (Lipinski definition) is 4. The van der Waals surface area contributed by atoms with Gasteiger partial charge in [0.2, 0.25) is 5.91 Å². The number of nitrogens with two attached hydrogens (primary N) is 1. The zero-order valence-corrected chi connectivity index (χ0v) is 13.1.